The lowest BCUT2D eigenvalue weighted by atomic mass is 10.1. The van der Waals surface area contributed by atoms with Crippen LogP contribution in [0.5, 0.6) is 17.2 Å². The van der Waals surface area contributed by atoms with Crippen LogP contribution in [0.3, 0.4) is 0 Å². The first kappa shape index (κ1) is 15.4. The number of hydrogen-bond acceptors (Lipinski definition) is 3. The quantitative estimate of drug-likeness (QED) is 0.823. The molecule has 2 aromatic rings. The highest BCUT2D eigenvalue weighted by atomic mass is 16.5. The fourth-order valence-corrected chi connectivity index (χ4v) is 2.13. The van der Waals surface area contributed by atoms with Crippen molar-refractivity contribution in [2.45, 2.75) is 27.3 Å². The van der Waals surface area contributed by atoms with Crippen molar-refractivity contribution in [1.29, 1.82) is 0 Å². The summed E-state index contributed by atoms with van der Waals surface area (Å²) in [5.74, 6) is 2.50. The molecule has 21 heavy (non-hydrogen) atoms. The van der Waals surface area contributed by atoms with E-state index in [1.165, 1.54) is 5.56 Å². The van der Waals surface area contributed by atoms with Crippen LogP contribution in [0.1, 0.15) is 25.0 Å². The number of rotatable bonds is 7. The van der Waals surface area contributed by atoms with Crippen molar-refractivity contribution in [2.75, 3.05) is 13.2 Å². The minimum Gasteiger partial charge on any atom is -0.494 e. The molecule has 0 aromatic heterocycles. The smallest absolute Gasteiger partial charge is 0.131 e. The van der Waals surface area contributed by atoms with E-state index < -0.39 is 0 Å². The molecule has 0 radical (unpaired) electrons. The first-order valence-corrected chi connectivity index (χ1v) is 7.44. The Morgan fingerprint density at radius 2 is 1.81 bits per heavy atom. The van der Waals surface area contributed by atoms with Gasteiger partial charge in [-0.05, 0) is 49.7 Å². The third kappa shape index (κ3) is 4.50. The van der Waals surface area contributed by atoms with Crippen molar-refractivity contribution in [3.8, 4) is 17.2 Å². The van der Waals surface area contributed by atoms with E-state index >= 15 is 0 Å². The summed E-state index contributed by atoms with van der Waals surface area (Å²) in [7, 11) is 0. The topological polar surface area (TPSA) is 30.5 Å². The predicted octanol–water partition coefficient (Wildman–Crippen LogP) is 4.30. The molecular weight excluding hydrogens is 262 g/mol. The second-order valence-corrected chi connectivity index (χ2v) is 4.89. The number of benzene rings is 2. The van der Waals surface area contributed by atoms with E-state index in [9.17, 15) is 0 Å². The maximum absolute atomic E-state index is 5.96. The van der Waals surface area contributed by atoms with Crippen LogP contribution in [0.4, 0.5) is 0 Å². The monoisotopic (exact) mass is 285 g/mol. The molecule has 3 nitrogen and oxygen atoms in total. The van der Waals surface area contributed by atoms with Crippen LogP contribution >= 0.6 is 0 Å². The van der Waals surface area contributed by atoms with E-state index in [1.54, 1.807) is 0 Å². The third-order valence-corrected chi connectivity index (χ3v) is 3.16. The molecular formula is C18H23NO2. The van der Waals surface area contributed by atoms with E-state index in [1.807, 2.05) is 37.3 Å². The summed E-state index contributed by atoms with van der Waals surface area (Å²) in [5.41, 5.74) is 2.40. The van der Waals surface area contributed by atoms with Crippen molar-refractivity contribution in [1.82, 2.24) is 5.32 Å². The van der Waals surface area contributed by atoms with Gasteiger partial charge >= 0.3 is 0 Å². The van der Waals surface area contributed by atoms with Crippen LogP contribution in [-0.4, -0.2) is 13.2 Å². The summed E-state index contributed by atoms with van der Waals surface area (Å²) in [6.07, 6.45) is 0. The lowest BCUT2D eigenvalue weighted by Crippen LogP contribution is -2.11. The minimum absolute atomic E-state index is 0.654. The normalized spacial score (nSPS) is 10.4. The van der Waals surface area contributed by atoms with Crippen molar-refractivity contribution in [2.24, 2.45) is 0 Å². The van der Waals surface area contributed by atoms with Crippen molar-refractivity contribution in [3.05, 3.63) is 53.6 Å². The molecule has 0 spiro atoms. The fraction of sp³-hybridized carbons (Fsp3) is 0.333. The van der Waals surface area contributed by atoms with Gasteiger partial charge in [-0.1, -0.05) is 25.1 Å². The Morgan fingerprint density at radius 1 is 1.00 bits per heavy atom. The van der Waals surface area contributed by atoms with Crippen LogP contribution < -0.4 is 14.8 Å². The molecule has 3 heteroatoms. The number of nitrogens with one attached hydrogen (secondary N) is 1. The molecule has 0 aliphatic rings. The molecule has 0 aliphatic carbocycles. The van der Waals surface area contributed by atoms with Gasteiger partial charge in [-0.15, -0.1) is 0 Å². The second-order valence-electron chi connectivity index (χ2n) is 4.89. The highest BCUT2D eigenvalue weighted by molar-refractivity contribution is 5.41. The van der Waals surface area contributed by atoms with E-state index in [2.05, 4.69) is 31.3 Å². The molecule has 112 valence electrons. The second kappa shape index (κ2) is 7.70. The van der Waals surface area contributed by atoms with Gasteiger partial charge in [0.1, 0.15) is 17.2 Å². The molecule has 0 saturated carbocycles. The van der Waals surface area contributed by atoms with Crippen molar-refractivity contribution >= 4 is 0 Å². The highest BCUT2D eigenvalue weighted by Gasteiger charge is 2.04. The Hall–Kier alpha value is -2.00. The number of aryl methyl sites for hydroxylation is 1. The van der Waals surface area contributed by atoms with Gasteiger partial charge in [-0.2, -0.15) is 0 Å². The fourth-order valence-electron chi connectivity index (χ4n) is 2.13. The first-order valence-electron chi connectivity index (χ1n) is 7.44. The number of hydrogen-bond donors (Lipinski definition) is 1. The maximum atomic E-state index is 5.96. The molecule has 0 bridgehead atoms. The van der Waals surface area contributed by atoms with E-state index in [0.717, 1.165) is 35.9 Å². The minimum atomic E-state index is 0.654. The highest BCUT2D eigenvalue weighted by Crippen LogP contribution is 2.28. The predicted molar refractivity (Wildman–Crippen MR) is 86.2 cm³/mol. The zero-order valence-corrected chi connectivity index (χ0v) is 13.0. The van der Waals surface area contributed by atoms with Crippen LogP contribution in [0.15, 0.2) is 42.5 Å². The summed E-state index contributed by atoms with van der Waals surface area (Å²) in [4.78, 5) is 0. The molecule has 0 heterocycles. The van der Waals surface area contributed by atoms with Crippen molar-refractivity contribution in [3.63, 3.8) is 0 Å². The number of ether oxygens (including phenoxy) is 2. The third-order valence-electron chi connectivity index (χ3n) is 3.16. The van der Waals surface area contributed by atoms with Gasteiger partial charge in [0.15, 0.2) is 0 Å². The molecule has 1 N–H and O–H groups in total. The zero-order chi connectivity index (χ0) is 15.1. The lowest BCUT2D eigenvalue weighted by molar-refractivity contribution is 0.338. The van der Waals surface area contributed by atoms with E-state index in [-0.39, 0.29) is 0 Å². The first-order chi connectivity index (χ1) is 10.2. The van der Waals surface area contributed by atoms with Gasteiger partial charge in [-0.25, -0.2) is 0 Å². The largest absolute Gasteiger partial charge is 0.494 e. The van der Waals surface area contributed by atoms with Crippen LogP contribution in [-0.2, 0) is 6.54 Å². The van der Waals surface area contributed by atoms with Gasteiger partial charge in [0.2, 0.25) is 0 Å². The summed E-state index contributed by atoms with van der Waals surface area (Å²) in [6, 6.07) is 14.0. The van der Waals surface area contributed by atoms with Gasteiger partial charge in [0.25, 0.3) is 0 Å². The standard InChI is InChI=1S/C18H23NO2/c1-4-19-13-15-9-10-18(14(3)11-15)21-17-8-6-7-16(12-17)20-5-2/h6-12,19H,4-5,13H2,1-3H3. The lowest BCUT2D eigenvalue weighted by Gasteiger charge is -2.12. The average Bonchev–Trinajstić information content (AvgIpc) is 2.48. The molecule has 0 aliphatic heterocycles. The molecule has 2 aromatic carbocycles. The Morgan fingerprint density at radius 3 is 2.52 bits per heavy atom. The summed E-state index contributed by atoms with van der Waals surface area (Å²) in [5, 5.41) is 3.33. The van der Waals surface area contributed by atoms with Crippen molar-refractivity contribution < 1.29 is 9.47 Å². The Bertz CT molecular complexity index is 581. The Balaban J connectivity index is 2.10. The van der Waals surface area contributed by atoms with Gasteiger partial charge in [0, 0.05) is 12.6 Å². The average molecular weight is 285 g/mol. The van der Waals surface area contributed by atoms with Gasteiger partial charge in [0.05, 0.1) is 6.61 Å². The maximum Gasteiger partial charge on any atom is 0.131 e. The summed E-state index contributed by atoms with van der Waals surface area (Å²) < 4.78 is 11.4. The molecule has 0 saturated heterocycles. The molecule has 2 rings (SSSR count). The molecule has 0 amide bonds. The molecule has 0 atom stereocenters. The summed E-state index contributed by atoms with van der Waals surface area (Å²) in [6.45, 7) is 8.66. The van der Waals surface area contributed by atoms with Gasteiger partial charge in [-0.3, -0.25) is 0 Å². The molecule has 0 fully saturated rings. The molecule has 0 unspecified atom stereocenters. The Labute approximate surface area is 126 Å². The SMILES string of the molecule is CCNCc1ccc(Oc2cccc(OCC)c2)c(C)c1. The van der Waals surface area contributed by atoms with E-state index in [0.29, 0.717) is 6.61 Å². The van der Waals surface area contributed by atoms with Crippen LogP contribution in [0, 0.1) is 6.92 Å². The summed E-state index contributed by atoms with van der Waals surface area (Å²) >= 11 is 0. The van der Waals surface area contributed by atoms with Gasteiger partial charge < -0.3 is 14.8 Å². The van der Waals surface area contributed by atoms with Crippen LogP contribution in [0.2, 0.25) is 0 Å². The van der Waals surface area contributed by atoms with E-state index in [4.69, 9.17) is 9.47 Å². The zero-order valence-electron chi connectivity index (χ0n) is 13.0. The Kier molecular flexibility index (Phi) is 5.64. The van der Waals surface area contributed by atoms with Crippen LogP contribution in [0.25, 0.3) is 0 Å².